The number of benzene rings is 2. The van der Waals surface area contributed by atoms with Crippen molar-refractivity contribution in [3.8, 4) is 11.5 Å². The number of ether oxygens (including phenoxy) is 3. The molecule has 0 spiro atoms. The molecule has 0 amide bonds. The zero-order chi connectivity index (χ0) is 17.6. The van der Waals surface area contributed by atoms with Gasteiger partial charge in [-0.3, -0.25) is 0 Å². The van der Waals surface area contributed by atoms with Crippen LogP contribution in [0.2, 0.25) is 0 Å². The van der Waals surface area contributed by atoms with Crippen LogP contribution in [0.4, 0.5) is 0 Å². The maximum atomic E-state index is 6.11. The fraction of sp³-hybridized carbons (Fsp3) is 0.316. The van der Waals surface area contributed by atoms with Crippen LogP contribution in [-0.2, 0) is 11.3 Å². The third kappa shape index (κ3) is 4.51. The van der Waals surface area contributed by atoms with Gasteiger partial charge >= 0.3 is 0 Å². The molecular weight excluding hydrogens is 402 g/mol. The third-order valence-electron chi connectivity index (χ3n) is 4.02. The van der Waals surface area contributed by atoms with Gasteiger partial charge < -0.3 is 19.1 Å². The van der Waals surface area contributed by atoms with E-state index in [-0.39, 0.29) is 0 Å². The molecular formula is C19H20BrNO3S. The van der Waals surface area contributed by atoms with Crippen LogP contribution in [0.15, 0.2) is 46.9 Å². The molecule has 25 heavy (non-hydrogen) atoms. The average Bonchev–Trinajstić information content (AvgIpc) is 2.67. The highest BCUT2D eigenvalue weighted by molar-refractivity contribution is 9.10. The van der Waals surface area contributed by atoms with E-state index < -0.39 is 0 Å². The van der Waals surface area contributed by atoms with Crippen LogP contribution in [0.25, 0.3) is 0 Å². The topological polar surface area (TPSA) is 30.9 Å². The number of hydrogen-bond donors (Lipinski definition) is 0. The number of para-hydroxylation sites is 1. The Morgan fingerprint density at radius 3 is 2.56 bits per heavy atom. The smallest absolute Gasteiger partial charge is 0.171 e. The van der Waals surface area contributed by atoms with Gasteiger partial charge in [-0.25, -0.2) is 0 Å². The van der Waals surface area contributed by atoms with Crippen molar-refractivity contribution in [2.75, 3.05) is 33.4 Å². The minimum Gasteiger partial charge on any atom is -0.493 e. The molecule has 0 aliphatic carbocycles. The van der Waals surface area contributed by atoms with Crippen molar-refractivity contribution in [2.45, 2.75) is 6.61 Å². The molecule has 2 aromatic rings. The van der Waals surface area contributed by atoms with Crippen molar-refractivity contribution in [2.24, 2.45) is 0 Å². The van der Waals surface area contributed by atoms with Gasteiger partial charge in [0.05, 0.1) is 25.9 Å². The summed E-state index contributed by atoms with van der Waals surface area (Å²) in [5, 5.41) is 0. The summed E-state index contributed by atoms with van der Waals surface area (Å²) in [6.45, 7) is 3.43. The Labute approximate surface area is 161 Å². The Bertz CT molecular complexity index is 730. The summed E-state index contributed by atoms with van der Waals surface area (Å²) in [7, 11) is 1.64. The van der Waals surface area contributed by atoms with Gasteiger partial charge in [0.15, 0.2) is 11.5 Å². The molecule has 0 aromatic heterocycles. The first-order valence-corrected chi connectivity index (χ1v) is 9.30. The highest BCUT2D eigenvalue weighted by Crippen LogP contribution is 2.33. The van der Waals surface area contributed by atoms with E-state index in [1.165, 1.54) is 0 Å². The molecule has 6 heteroatoms. The van der Waals surface area contributed by atoms with Gasteiger partial charge in [0.2, 0.25) is 0 Å². The first-order chi connectivity index (χ1) is 12.2. The second-order valence-corrected chi connectivity index (χ2v) is 6.96. The molecule has 0 unspecified atom stereocenters. The molecule has 1 heterocycles. The maximum Gasteiger partial charge on any atom is 0.171 e. The van der Waals surface area contributed by atoms with Gasteiger partial charge in [0.25, 0.3) is 0 Å². The minimum atomic E-state index is 0.451. The summed E-state index contributed by atoms with van der Waals surface area (Å²) < 4.78 is 18.1. The molecule has 0 atom stereocenters. The van der Waals surface area contributed by atoms with Crippen LogP contribution in [0.5, 0.6) is 11.5 Å². The molecule has 1 aliphatic rings. The Hall–Kier alpha value is -1.63. The SMILES string of the molecule is COc1cccc(C(=S)N2CCOCC2)c1OCc1ccc(Br)cc1. The van der Waals surface area contributed by atoms with Gasteiger partial charge in [0, 0.05) is 17.6 Å². The lowest BCUT2D eigenvalue weighted by Gasteiger charge is -2.30. The van der Waals surface area contributed by atoms with Gasteiger partial charge in [-0.1, -0.05) is 46.3 Å². The van der Waals surface area contributed by atoms with Crippen LogP contribution in [-0.4, -0.2) is 43.3 Å². The van der Waals surface area contributed by atoms with E-state index >= 15 is 0 Å². The quantitative estimate of drug-likeness (QED) is 0.679. The summed E-state index contributed by atoms with van der Waals surface area (Å²) >= 11 is 9.16. The van der Waals surface area contributed by atoms with Crippen LogP contribution in [0.1, 0.15) is 11.1 Å². The zero-order valence-electron chi connectivity index (χ0n) is 14.0. The maximum absolute atomic E-state index is 6.11. The van der Waals surface area contributed by atoms with E-state index in [1.54, 1.807) is 7.11 Å². The molecule has 1 fully saturated rings. The third-order valence-corrected chi connectivity index (χ3v) is 5.03. The number of methoxy groups -OCH3 is 1. The van der Waals surface area contributed by atoms with Crippen molar-refractivity contribution in [3.05, 3.63) is 58.1 Å². The van der Waals surface area contributed by atoms with Gasteiger partial charge in [-0.2, -0.15) is 0 Å². The van der Waals surface area contributed by atoms with E-state index in [9.17, 15) is 0 Å². The lowest BCUT2D eigenvalue weighted by Crippen LogP contribution is -2.40. The molecule has 2 aromatic carbocycles. The lowest BCUT2D eigenvalue weighted by atomic mass is 10.1. The molecule has 1 saturated heterocycles. The van der Waals surface area contributed by atoms with E-state index in [4.69, 9.17) is 26.4 Å². The number of hydrogen-bond acceptors (Lipinski definition) is 4. The predicted molar refractivity (Wildman–Crippen MR) is 106 cm³/mol. The Morgan fingerprint density at radius 2 is 1.88 bits per heavy atom. The Kier molecular flexibility index (Phi) is 6.29. The second-order valence-electron chi connectivity index (χ2n) is 5.66. The molecule has 0 radical (unpaired) electrons. The Balaban J connectivity index is 1.83. The van der Waals surface area contributed by atoms with Crippen molar-refractivity contribution in [1.82, 2.24) is 4.90 Å². The summed E-state index contributed by atoms with van der Waals surface area (Å²) in [6.07, 6.45) is 0. The molecule has 0 N–H and O–H groups in total. The van der Waals surface area contributed by atoms with Crippen LogP contribution in [0.3, 0.4) is 0 Å². The van der Waals surface area contributed by atoms with E-state index in [0.717, 1.165) is 33.7 Å². The first-order valence-electron chi connectivity index (χ1n) is 8.10. The fourth-order valence-corrected chi connectivity index (χ4v) is 3.27. The average molecular weight is 422 g/mol. The number of halogens is 1. The molecule has 0 saturated carbocycles. The van der Waals surface area contributed by atoms with Gasteiger partial charge in [0.1, 0.15) is 11.6 Å². The van der Waals surface area contributed by atoms with Gasteiger partial charge in [-0.15, -0.1) is 0 Å². The number of morpholine rings is 1. The Morgan fingerprint density at radius 1 is 1.16 bits per heavy atom. The van der Waals surface area contributed by atoms with Crippen LogP contribution in [0, 0.1) is 0 Å². The number of rotatable bonds is 5. The largest absolute Gasteiger partial charge is 0.493 e. The minimum absolute atomic E-state index is 0.451. The van der Waals surface area contributed by atoms with Gasteiger partial charge in [-0.05, 0) is 29.8 Å². The molecule has 0 bridgehead atoms. The standard InChI is InChI=1S/C19H20BrNO3S/c1-22-17-4-2-3-16(19(25)21-9-11-23-12-10-21)18(17)24-13-14-5-7-15(20)8-6-14/h2-8H,9-13H2,1H3. The fourth-order valence-electron chi connectivity index (χ4n) is 2.67. The van der Waals surface area contributed by atoms with E-state index in [2.05, 4.69) is 20.8 Å². The van der Waals surface area contributed by atoms with Crippen molar-refractivity contribution >= 4 is 33.1 Å². The van der Waals surface area contributed by atoms with E-state index in [0.29, 0.717) is 31.3 Å². The van der Waals surface area contributed by atoms with Crippen molar-refractivity contribution in [1.29, 1.82) is 0 Å². The lowest BCUT2D eigenvalue weighted by molar-refractivity contribution is 0.0692. The number of nitrogens with zero attached hydrogens (tertiary/aromatic N) is 1. The summed E-state index contributed by atoms with van der Waals surface area (Å²) in [6, 6.07) is 13.9. The zero-order valence-corrected chi connectivity index (χ0v) is 16.4. The van der Waals surface area contributed by atoms with Crippen LogP contribution < -0.4 is 9.47 Å². The second kappa shape index (κ2) is 8.65. The van der Waals surface area contributed by atoms with E-state index in [1.807, 2.05) is 42.5 Å². The predicted octanol–water partition coefficient (Wildman–Crippen LogP) is 4.04. The molecule has 4 nitrogen and oxygen atoms in total. The highest BCUT2D eigenvalue weighted by Gasteiger charge is 2.21. The molecule has 3 rings (SSSR count). The number of thiocarbonyl (C=S) groups is 1. The molecule has 132 valence electrons. The first kappa shape index (κ1) is 18.2. The monoisotopic (exact) mass is 421 g/mol. The summed E-state index contributed by atoms with van der Waals surface area (Å²) in [5.41, 5.74) is 1.96. The van der Waals surface area contributed by atoms with Crippen molar-refractivity contribution < 1.29 is 14.2 Å². The summed E-state index contributed by atoms with van der Waals surface area (Å²) in [5.74, 6) is 1.37. The highest BCUT2D eigenvalue weighted by atomic mass is 79.9. The normalized spacial score (nSPS) is 14.2. The van der Waals surface area contributed by atoms with Crippen LogP contribution >= 0.6 is 28.1 Å². The summed E-state index contributed by atoms with van der Waals surface area (Å²) in [4.78, 5) is 2.92. The molecule has 1 aliphatic heterocycles. The van der Waals surface area contributed by atoms with Crippen molar-refractivity contribution in [3.63, 3.8) is 0 Å².